The smallest absolute Gasteiger partial charge is 0.0474 e. The van der Waals surface area contributed by atoms with Crippen LogP contribution in [0.2, 0.25) is 0 Å². The largest absolute Gasteiger partial charge is 0.385 e. The van der Waals surface area contributed by atoms with Gasteiger partial charge in [0.1, 0.15) is 0 Å². The Morgan fingerprint density at radius 3 is 2.74 bits per heavy atom. The average Bonchev–Trinajstić information content (AvgIpc) is 2.42. The van der Waals surface area contributed by atoms with Crippen LogP contribution in [-0.4, -0.2) is 43.8 Å². The van der Waals surface area contributed by atoms with Crippen molar-refractivity contribution in [3.05, 3.63) is 35.9 Å². The van der Waals surface area contributed by atoms with Gasteiger partial charge < -0.3 is 10.1 Å². The summed E-state index contributed by atoms with van der Waals surface area (Å²) in [5, 5.41) is 3.67. The maximum atomic E-state index is 5.17. The topological polar surface area (TPSA) is 24.5 Å². The van der Waals surface area contributed by atoms with Crippen molar-refractivity contribution < 1.29 is 4.74 Å². The Labute approximate surface area is 116 Å². The first-order chi connectivity index (χ1) is 9.13. The molecule has 0 saturated carbocycles. The molecule has 1 aliphatic heterocycles. The van der Waals surface area contributed by atoms with Gasteiger partial charge >= 0.3 is 0 Å². The minimum absolute atomic E-state index is 0.221. The van der Waals surface area contributed by atoms with E-state index in [1.54, 1.807) is 7.11 Å². The predicted molar refractivity (Wildman–Crippen MR) is 79.3 cm³/mol. The summed E-state index contributed by atoms with van der Waals surface area (Å²) in [4.78, 5) is 2.58. The molecule has 0 aliphatic carbocycles. The molecule has 0 spiro atoms. The molecule has 19 heavy (non-hydrogen) atoms. The van der Waals surface area contributed by atoms with Gasteiger partial charge in [-0.1, -0.05) is 30.3 Å². The Bertz CT molecular complexity index is 378. The highest BCUT2D eigenvalue weighted by atomic mass is 16.5. The van der Waals surface area contributed by atoms with E-state index in [0.717, 1.165) is 32.7 Å². The van der Waals surface area contributed by atoms with Crippen LogP contribution < -0.4 is 5.32 Å². The summed E-state index contributed by atoms with van der Waals surface area (Å²) in [6, 6.07) is 11.2. The first-order valence-electron chi connectivity index (χ1n) is 7.16. The summed E-state index contributed by atoms with van der Waals surface area (Å²) in [6.45, 7) is 8.67. The zero-order chi connectivity index (χ0) is 13.7. The third-order valence-electron chi connectivity index (χ3n) is 4.02. The second-order valence-electron chi connectivity index (χ2n) is 5.95. The molecule has 1 fully saturated rings. The van der Waals surface area contributed by atoms with Crippen LogP contribution >= 0.6 is 0 Å². The van der Waals surface area contributed by atoms with Crippen LogP contribution in [0.3, 0.4) is 0 Å². The lowest BCUT2D eigenvalue weighted by Gasteiger charge is -2.46. The Hall–Kier alpha value is -0.900. The summed E-state index contributed by atoms with van der Waals surface area (Å²) in [6.07, 6.45) is 1.10. The van der Waals surface area contributed by atoms with Crippen LogP contribution in [0.5, 0.6) is 0 Å². The quantitative estimate of drug-likeness (QED) is 0.825. The molecule has 0 bridgehead atoms. The van der Waals surface area contributed by atoms with E-state index in [1.807, 2.05) is 0 Å². The van der Waals surface area contributed by atoms with Gasteiger partial charge in [-0.3, -0.25) is 4.90 Å². The van der Waals surface area contributed by atoms with E-state index in [2.05, 4.69) is 54.4 Å². The Kier molecular flexibility index (Phi) is 4.97. The number of rotatable bonds is 5. The van der Waals surface area contributed by atoms with Crippen molar-refractivity contribution in [2.75, 3.05) is 33.4 Å². The highest BCUT2D eigenvalue weighted by molar-refractivity contribution is 5.20. The zero-order valence-corrected chi connectivity index (χ0v) is 12.4. The molecule has 3 nitrogen and oxygen atoms in total. The zero-order valence-electron chi connectivity index (χ0n) is 12.4. The fraction of sp³-hybridized carbons (Fsp3) is 0.625. The third-order valence-corrected chi connectivity index (χ3v) is 4.02. The maximum absolute atomic E-state index is 5.17. The van der Waals surface area contributed by atoms with Crippen LogP contribution in [0.1, 0.15) is 31.9 Å². The molecule has 1 aromatic rings. The Morgan fingerprint density at radius 1 is 1.32 bits per heavy atom. The summed E-state index contributed by atoms with van der Waals surface area (Å²) < 4.78 is 5.17. The van der Waals surface area contributed by atoms with Crippen molar-refractivity contribution in [1.82, 2.24) is 10.2 Å². The Balaban J connectivity index is 1.99. The molecule has 0 radical (unpaired) electrons. The number of nitrogens with one attached hydrogen (secondary N) is 1. The van der Waals surface area contributed by atoms with E-state index in [1.165, 1.54) is 5.56 Å². The van der Waals surface area contributed by atoms with Gasteiger partial charge in [-0.15, -0.1) is 0 Å². The summed E-state index contributed by atoms with van der Waals surface area (Å²) in [5.74, 6) is 0. The normalized spacial score (nSPS) is 23.4. The molecule has 3 heteroatoms. The van der Waals surface area contributed by atoms with Crippen LogP contribution in [0.25, 0.3) is 0 Å². The van der Waals surface area contributed by atoms with Crippen molar-refractivity contribution in [2.24, 2.45) is 0 Å². The predicted octanol–water partition coefficient (Wildman–Crippen LogP) is 2.45. The number of hydrogen-bond donors (Lipinski definition) is 1. The lowest BCUT2D eigenvalue weighted by Crippen LogP contribution is -2.59. The molecule has 1 atom stereocenters. The van der Waals surface area contributed by atoms with Gasteiger partial charge in [-0.25, -0.2) is 0 Å². The number of methoxy groups -OCH3 is 1. The summed E-state index contributed by atoms with van der Waals surface area (Å²) in [5.41, 5.74) is 1.61. The monoisotopic (exact) mass is 262 g/mol. The van der Waals surface area contributed by atoms with Gasteiger partial charge in [0.25, 0.3) is 0 Å². The standard InChI is InChI=1S/C16H26N2O/c1-16(2)13-17-15(14-8-5-4-6-9-14)12-18(16)10-7-11-19-3/h4-6,8-9,15,17H,7,10-13H2,1-3H3. The van der Waals surface area contributed by atoms with Gasteiger partial charge in [0.15, 0.2) is 0 Å². The molecule has 1 aliphatic rings. The average molecular weight is 262 g/mol. The molecule has 1 saturated heterocycles. The van der Waals surface area contributed by atoms with Crippen LogP contribution in [0, 0.1) is 0 Å². The molecule has 1 N–H and O–H groups in total. The molecule has 1 unspecified atom stereocenters. The Morgan fingerprint density at radius 2 is 2.05 bits per heavy atom. The number of nitrogens with zero attached hydrogens (tertiary/aromatic N) is 1. The third kappa shape index (κ3) is 3.78. The number of benzene rings is 1. The van der Waals surface area contributed by atoms with Gasteiger partial charge in [0.2, 0.25) is 0 Å². The van der Waals surface area contributed by atoms with E-state index in [9.17, 15) is 0 Å². The molecular weight excluding hydrogens is 236 g/mol. The fourth-order valence-corrected chi connectivity index (χ4v) is 2.72. The maximum Gasteiger partial charge on any atom is 0.0474 e. The van der Waals surface area contributed by atoms with Crippen molar-refractivity contribution in [3.8, 4) is 0 Å². The van der Waals surface area contributed by atoms with E-state index in [-0.39, 0.29) is 5.54 Å². The molecule has 0 aromatic heterocycles. The lowest BCUT2D eigenvalue weighted by atomic mass is 9.94. The van der Waals surface area contributed by atoms with E-state index in [0.29, 0.717) is 6.04 Å². The van der Waals surface area contributed by atoms with Crippen LogP contribution in [0.4, 0.5) is 0 Å². The molecule has 0 amide bonds. The summed E-state index contributed by atoms with van der Waals surface area (Å²) in [7, 11) is 1.77. The van der Waals surface area contributed by atoms with E-state index < -0.39 is 0 Å². The molecule has 1 heterocycles. The highest BCUT2D eigenvalue weighted by Gasteiger charge is 2.33. The highest BCUT2D eigenvalue weighted by Crippen LogP contribution is 2.25. The van der Waals surface area contributed by atoms with Gasteiger partial charge in [0, 0.05) is 44.9 Å². The van der Waals surface area contributed by atoms with Gasteiger partial charge in [0.05, 0.1) is 0 Å². The second kappa shape index (κ2) is 6.51. The van der Waals surface area contributed by atoms with Crippen molar-refractivity contribution in [2.45, 2.75) is 31.8 Å². The van der Waals surface area contributed by atoms with Crippen molar-refractivity contribution in [3.63, 3.8) is 0 Å². The first-order valence-corrected chi connectivity index (χ1v) is 7.16. The van der Waals surface area contributed by atoms with Gasteiger partial charge in [-0.05, 0) is 25.8 Å². The lowest BCUT2D eigenvalue weighted by molar-refractivity contribution is 0.0561. The first kappa shape index (κ1) is 14.5. The van der Waals surface area contributed by atoms with Gasteiger partial charge in [-0.2, -0.15) is 0 Å². The molecule has 106 valence electrons. The van der Waals surface area contributed by atoms with Crippen molar-refractivity contribution in [1.29, 1.82) is 0 Å². The molecule has 2 rings (SSSR count). The van der Waals surface area contributed by atoms with E-state index in [4.69, 9.17) is 4.74 Å². The van der Waals surface area contributed by atoms with Crippen LogP contribution in [-0.2, 0) is 4.74 Å². The van der Waals surface area contributed by atoms with E-state index >= 15 is 0 Å². The second-order valence-corrected chi connectivity index (χ2v) is 5.95. The fourth-order valence-electron chi connectivity index (χ4n) is 2.72. The summed E-state index contributed by atoms with van der Waals surface area (Å²) >= 11 is 0. The molecule has 1 aromatic carbocycles. The number of hydrogen-bond acceptors (Lipinski definition) is 3. The minimum Gasteiger partial charge on any atom is -0.385 e. The van der Waals surface area contributed by atoms with Crippen molar-refractivity contribution >= 4 is 0 Å². The SMILES string of the molecule is COCCCN1CC(c2ccccc2)NCC1(C)C. The van der Waals surface area contributed by atoms with Crippen LogP contribution in [0.15, 0.2) is 30.3 Å². The molecular formula is C16H26N2O. The number of piperazine rings is 1. The number of ether oxygens (including phenoxy) is 1. The minimum atomic E-state index is 0.221.